The van der Waals surface area contributed by atoms with Crippen molar-refractivity contribution in [3.8, 4) is 22.4 Å². The predicted molar refractivity (Wildman–Crippen MR) is 221 cm³/mol. The van der Waals surface area contributed by atoms with Gasteiger partial charge in [-0.15, -0.1) is 0 Å². The molecule has 1 saturated carbocycles. The molecule has 0 unspecified atom stereocenters. The Labute approximate surface area is 342 Å². The summed E-state index contributed by atoms with van der Waals surface area (Å²) >= 11 is 0. The first-order valence-electron chi connectivity index (χ1n) is 20.4. The van der Waals surface area contributed by atoms with E-state index >= 15 is 0 Å². The van der Waals surface area contributed by atoms with Crippen molar-refractivity contribution in [1.29, 1.82) is 0 Å². The Kier molecular flexibility index (Phi) is 11.0. The van der Waals surface area contributed by atoms with Crippen molar-refractivity contribution in [2.75, 3.05) is 27.9 Å². The lowest BCUT2D eigenvalue weighted by atomic mass is 9.95. The van der Waals surface area contributed by atoms with E-state index in [2.05, 4.69) is 74.1 Å². The van der Waals surface area contributed by atoms with E-state index in [9.17, 15) is 19.2 Å². The predicted octanol–water partition coefficient (Wildman–Crippen LogP) is 6.63. The number of likely N-dealkylation sites (tertiary alicyclic amines) is 2. The van der Waals surface area contributed by atoms with Gasteiger partial charge in [0, 0.05) is 25.1 Å². The summed E-state index contributed by atoms with van der Waals surface area (Å²) in [7, 11) is 4.07. The Morgan fingerprint density at radius 1 is 0.797 bits per heavy atom. The lowest BCUT2D eigenvalue weighted by Gasteiger charge is -2.37. The molecule has 3 aliphatic rings. The molecular formula is C44H52N8O7. The summed E-state index contributed by atoms with van der Waals surface area (Å²) in [6.45, 7) is 6.14. The topological polar surface area (TPSA) is 184 Å². The van der Waals surface area contributed by atoms with Gasteiger partial charge in [0.15, 0.2) is 0 Å². The molecule has 15 nitrogen and oxygen atoms in total. The largest absolute Gasteiger partial charge is 0.453 e. The van der Waals surface area contributed by atoms with E-state index < -0.39 is 30.4 Å². The second-order valence-corrected chi connectivity index (χ2v) is 16.3. The number of H-pyrrole nitrogens is 2. The Morgan fingerprint density at radius 2 is 1.51 bits per heavy atom. The summed E-state index contributed by atoms with van der Waals surface area (Å²) in [5, 5.41) is 7.51. The Hall–Kier alpha value is -5.96. The molecule has 0 radical (unpaired) electrons. The summed E-state index contributed by atoms with van der Waals surface area (Å²) in [5.41, 5.74) is 5.70. The Bertz CT molecular complexity index is 2370. The highest BCUT2D eigenvalue weighted by Gasteiger charge is 2.51. The minimum atomic E-state index is -0.898. The monoisotopic (exact) mass is 804 g/mol. The normalized spacial score (nSPS) is 21.5. The van der Waals surface area contributed by atoms with Crippen molar-refractivity contribution in [3.05, 3.63) is 72.4 Å². The molecule has 0 spiro atoms. The van der Waals surface area contributed by atoms with Gasteiger partial charge in [-0.05, 0) is 85.1 Å². The van der Waals surface area contributed by atoms with Gasteiger partial charge in [-0.25, -0.2) is 19.6 Å². The van der Waals surface area contributed by atoms with Crippen LogP contribution in [0.1, 0.15) is 76.6 Å². The molecule has 7 atom stereocenters. The molecule has 2 aromatic heterocycles. The first kappa shape index (κ1) is 39.8. The van der Waals surface area contributed by atoms with E-state index in [1.807, 2.05) is 24.8 Å². The first-order valence-corrected chi connectivity index (χ1v) is 20.4. The molecule has 2 saturated heterocycles. The number of nitrogens with one attached hydrogen (secondary N) is 4. The molecule has 59 heavy (non-hydrogen) atoms. The third-order valence-corrected chi connectivity index (χ3v) is 12.5. The average molecular weight is 805 g/mol. The Morgan fingerprint density at radius 3 is 2.22 bits per heavy atom. The maximum absolute atomic E-state index is 14.1. The summed E-state index contributed by atoms with van der Waals surface area (Å²) in [6.07, 6.45) is 4.39. The molecule has 3 fully saturated rings. The van der Waals surface area contributed by atoms with Crippen LogP contribution in [0.5, 0.6) is 0 Å². The van der Waals surface area contributed by atoms with Crippen LogP contribution >= 0.6 is 0 Å². The summed E-state index contributed by atoms with van der Waals surface area (Å²) < 4.78 is 15.0. The first-order chi connectivity index (χ1) is 28.5. The number of fused-ring (bicyclic) bond motifs is 5. The molecule has 8 rings (SSSR count). The number of piperidine rings is 1. The molecule has 5 aromatic rings. The van der Waals surface area contributed by atoms with Crippen LogP contribution in [-0.4, -0.2) is 106 Å². The second kappa shape index (κ2) is 16.4. The number of nitrogens with zero attached hydrogens (tertiary/aromatic N) is 4. The van der Waals surface area contributed by atoms with Crippen LogP contribution < -0.4 is 10.6 Å². The highest BCUT2D eigenvalue weighted by Crippen LogP contribution is 2.50. The number of rotatable bonds is 11. The van der Waals surface area contributed by atoms with E-state index in [4.69, 9.17) is 19.2 Å². The van der Waals surface area contributed by atoms with Gasteiger partial charge < -0.3 is 44.6 Å². The number of hydrogen-bond acceptors (Lipinski definition) is 9. The summed E-state index contributed by atoms with van der Waals surface area (Å²) in [6, 6.07) is 16.9. The van der Waals surface area contributed by atoms with Gasteiger partial charge >= 0.3 is 12.2 Å². The van der Waals surface area contributed by atoms with Gasteiger partial charge in [0.1, 0.15) is 23.7 Å². The number of alkyl carbamates (subject to hydrolysis) is 2. The lowest BCUT2D eigenvalue weighted by molar-refractivity contribution is -0.139. The fourth-order valence-corrected chi connectivity index (χ4v) is 9.36. The van der Waals surface area contributed by atoms with Gasteiger partial charge in [-0.1, -0.05) is 56.3 Å². The van der Waals surface area contributed by atoms with Crippen LogP contribution in [0, 0.1) is 11.8 Å². The van der Waals surface area contributed by atoms with Crippen molar-refractivity contribution in [2.45, 2.75) is 89.2 Å². The number of carbonyl (C=O) groups excluding carboxylic acids is 4. The van der Waals surface area contributed by atoms with Gasteiger partial charge in [0.05, 0.1) is 55.3 Å². The van der Waals surface area contributed by atoms with E-state index in [1.54, 1.807) is 18.0 Å². The SMILES string of the molecule is COC(=O)N[C@H](C(=O)N1[C@@H]2CC[C@@H](C2)[C@H]1c1nc2ccc3cc(-c4ccc(-c5cnc([C@@H]6CCCN6C(=O)[C@@H](NC(=O)OC)[C@@H](C)OC)[nH]5)cc4)ccc3c2[nH]1)C(C)C. The zero-order valence-electron chi connectivity index (χ0n) is 34.3. The molecule has 1 aliphatic carbocycles. The number of aromatic amines is 2. The summed E-state index contributed by atoms with van der Waals surface area (Å²) in [5.74, 6) is 1.31. The van der Waals surface area contributed by atoms with Crippen LogP contribution in [-0.2, 0) is 23.8 Å². The number of benzene rings is 3. The number of carbonyl (C=O) groups is 4. The van der Waals surface area contributed by atoms with Crippen molar-refractivity contribution in [1.82, 2.24) is 40.4 Å². The quantitative estimate of drug-likeness (QED) is 0.114. The van der Waals surface area contributed by atoms with Crippen molar-refractivity contribution in [2.24, 2.45) is 11.8 Å². The molecule has 3 aromatic carbocycles. The lowest BCUT2D eigenvalue weighted by Crippen LogP contribution is -2.54. The average Bonchev–Trinajstić information content (AvgIpc) is 4.11. The number of imidazole rings is 2. The number of aromatic nitrogens is 4. The van der Waals surface area contributed by atoms with E-state index in [0.29, 0.717) is 18.3 Å². The zero-order valence-corrected chi connectivity index (χ0v) is 34.3. The van der Waals surface area contributed by atoms with Crippen LogP contribution in [0.2, 0.25) is 0 Å². The highest BCUT2D eigenvalue weighted by molar-refractivity contribution is 6.05. The van der Waals surface area contributed by atoms with Gasteiger partial charge in [0.2, 0.25) is 11.8 Å². The van der Waals surface area contributed by atoms with Gasteiger partial charge in [-0.3, -0.25) is 9.59 Å². The molecular weight excluding hydrogens is 753 g/mol. The smallest absolute Gasteiger partial charge is 0.407 e. The third-order valence-electron chi connectivity index (χ3n) is 12.5. The van der Waals surface area contributed by atoms with Crippen LogP contribution in [0.3, 0.4) is 0 Å². The fourth-order valence-electron chi connectivity index (χ4n) is 9.36. The minimum absolute atomic E-state index is 0.0959. The van der Waals surface area contributed by atoms with Crippen molar-refractivity contribution >= 4 is 45.8 Å². The standard InChI is InChI=1S/C44H52N8O7/c1-23(2)35(49-43(55)58-5)42(54)52-30-16-13-29(21-30)38(52)40-46-32-18-15-28-20-27(14-17-31(28)37(32)48-40)25-9-11-26(12-10-25)33-22-45-39(47-33)34-8-7-19-51(34)41(53)36(24(3)57-4)50-44(56)59-6/h9-12,14-15,17-18,20,22-24,29-30,34-36,38H,7-8,13,16,19,21H2,1-6H3,(H,45,47)(H,46,48)(H,49,55)(H,50,56)/t24-,29+,30-,34+,35+,36+,38+/m1/s1. The maximum atomic E-state index is 14.1. The molecule has 310 valence electrons. The van der Waals surface area contributed by atoms with Crippen LogP contribution in [0.25, 0.3) is 44.2 Å². The zero-order chi connectivity index (χ0) is 41.5. The number of ether oxygens (including phenoxy) is 3. The van der Waals surface area contributed by atoms with Gasteiger partial charge in [-0.2, -0.15) is 0 Å². The van der Waals surface area contributed by atoms with Gasteiger partial charge in [0.25, 0.3) is 0 Å². The maximum Gasteiger partial charge on any atom is 0.407 e. The van der Waals surface area contributed by atoms with Crippen molar-refractivity contribution in [3.63, 3.8) is 0 Å². The summed E-state index contributed by atoms with van der Waals surface area (Å²) in [4.78, 5) is 72.5. The molecule has 4 amide bonds. The number of amides is 4. The molecule has 2 aliphatic heterocycles. The number of hydrogen-bond donors (Lipinski definition) is 4. The second-order valence-electron chi connectivity index (χ2n) is 16.3. The van der Waals surface area contributed by atoms with Crippen LogP contribution in [0.4, 0.5) is 9.59 Å². The van der Waals surface area contributed by atoms with E-state index in [-0.39, 0.29) is 35.9 Å². The third kappa shape index (κ3) is 7.47. The molecule has 4 heterocycles. The Balaban J connectivity index is 0.999. The van der Waals surface area contributed by atoms with E-state index in [1.165, 1.54) is 21.3 Å². The fraction of sp³-hybridized carbons (Fsp3) is 0.455. The van der Waals surface area contributed by atoms with E-state index in [0.717, 1.165) is 82.1 Å². The van der Waals surface area contributed by atoms with Crippen LogP contribution in [0.15, 0.2) is 60.8 Å². The van der Waals surface area contributed by atoms with Crippen molar-refractivity contribution < 1.29 is 33.4 Å². The minimum Gasteiger partial charge on any atom is -0.453 e. The highest BCUT2D eigenvalue weighted by atomic mass is 16.5. The number of methoxy groups -OCH3 is 3. The molecule has 15 heteroatoms. The molecule has 2 bridgehead atoms. The molecule has 4 N–H and O–H groups in total.